The third-order valence-corrected chi connectivity index (χ3v) is 4.78. The van der Waals surface area contributed by atoms with Gasteiger partial charge in [-0.3, -0.25) is 4.72 Å². The zero-order valence-corrected chi connectivity index (χ0v) is 13.2. The van der Waals surface area contributed by atoms with Crippen molar-refractivity contribution in [2.24, 2.45) is 7.05 Å². The van der Waals surface area contributed by atoms with Crippen LogP contribution in [-0.4, -0.2) is 28.2 Å². The van der Waals surface area contributed by atoms with Crippen LogP contribution in [0.3, 0.4) is 0 Å². The molecule has 0 aliphatic rings. The molecular formula is C12H10ClN5O4S. The predicted octanol–water partition coefficient (Wildman–Crippen LogP) is 1.22. The minimum atomic E-state index is -4.02. The fourth-order valence-corrected chi connectivity index (χ4v) is 3.38. The number of anilines is 1. The molecule has 11 heteroatoms. The molecule has 2 heterocycles. The highest BCUT2D eigenvalue weighted by Gasteiger charge is 2.24. The van der Waals surface area contributed by atoms with Crippen molar-refractivity contribution in [3.8, 4) is 11.5 Å². The molecule has 120 valence electrons. The third-order valence-electron chi connectivity index (χ3n) is 2.93. The van der Waals surface area contributed by atoms with Gasteiger partial charge in [0.15, 0.2) is 0 Å². The molecule has 0 aliphatic heterocycles. The van der Waals surface area contributed by atoms with Crippen LogP contribution >= 0.6 is 11.6 Å². The van der Waals surface area contributed by atoms with E-state index in [0.717, 1.165) is 0 Å². The second kappa shape index (κ2) is 5.56. The van der Waals surface area contributed by atoms with Crippen LogP contribution in [0.5, 0.6) is 0 Å². The second-order valence-corrected chi connectivity index (χ2v) is 6.48. The molecule has 0 saturated carbocycles. The number of para-hydroxylation sites is 1. The Kier molecular flexibility index (Phi) is 3.70. The summed E-state index contributed by atoms with van der Waals surface area (Å²) in [6, 6.07) is 6.32. The zero-order chi connectivity index (χ0) is 16.6. The fourth-order valence-electron chi connectivity index (χ4n) is 1.87. The third kappa shape index (κ3) is 2.85. The summed E-state index contributed by atoms with van der Waals surface area (Å²) in [7, 11) is -2.45. The molecule has 2 N–H and O–H groups in total. The first-order valence-electron chi connectivity index (χ1n) is 6.23. The number of aromatic nitrogens is 4. The van der Waals surface area contributed by atoms with Gasteiger partial charge in [-0.25, -0.2) is 14.9 Å². The van der Waals surface area contributed by atoms with E-state index in [-0.39, 0.29) is 21.8 Å². The Morgan fingerprint density at radius 1 is 1.35 bits per heavy atom. The first kappa shape index (κ1) is 15.3. The summed E-state index contributed by atoms with van der Waals surface area (Å²) in [6.45, 7) is 0. The van der Waals surface area contributed by atoms with E-state index in [0.29, 0.717) is 5.56 Å². The van der Waals surface area contributed by atoms with Crippen LogP contribution in [0.15, 0.2) is 44.8 Å². The molecule has 23 heavy (non-hydrogen) atoms. The van der Waals surface area contributed by atoms with Gasteiger partial charge in [-0.15, -0.1) is 5.10 Å². The Bertz CT molecular complexity index is 1020. The van der Waals surface area contributed by atoms with E-state index in [2.05, 4.69) is 19.9 Å². The van der Waals surface area contributed by atoms with Crippen molar-refractivity contribution in [2.75, 3.05) is 4.72 Å². The smallest absolute Gasteiger partial charge is 0.388 e. The maximum atomic E-state index is 12.4. The van der Waals surface area contributed by atoms with Crippen LogP contribution in [-0.2, 0) is 17.1 Å². The summed E-state index contributed by atoms with van der Waals surface area (Å²) in [5.41, 5.74) is 0.464. The minimum absolute atomic E-state index is 0.0266. The topological polar surface area (TPSA) is 123 Å². The van der Waals surface area contributed by atoms with E-state index in [9.17, 15) is 13.2 Å². The van der Waals surface area contributed by atoms with Crippen molar-refractivity contribution in [3.63, 3.8) is 0 Å². The number of halogens is 1. The van der Waals surface area contributed by atoms with Crippen molar-refractivity contribution in [1.82, 2.24) is 19.7 Å². The lowest BCUT2D eigenvalue weighted by atomic mass is 10.2. The highest BCUT2D eigenvalue weighted by Crippen LogP contribution is 2.28. The Labute approximate surface area is 135 Å². The lowest BCUT2D eigenvalue weighted by Gasteiger charge is -2.09. The van der Waals surface area contributed by atoms with Crippen molar-refractivity contribution in [1.29, 1.82) is 0 Å². The van der Waals surface area contributed by atoms with E-state index in [1.54, 1.807) is 25.2 Å². The molecular weight excluding hydrogens is 346 g/mol. The van der Waals surface area contributed by atoms with Gasteiger partial charge >= 0.3 is 5.76 Å². The number of benzene rings is 1. The summed E-state index contributed by atoms with van der Waals surface area (Å²) < 4.78 is 33.5. The van der Waals surface area contributed by atoms with Crippen molar-refractivity contribution in [3.05, 3.63) is 46.3 Å². The lowest BCUT2D eigenvalue weighted by molar-refractivity contribution is 0.527. The largest absolute Gasteiger partial charge is 0.434 e. The molecule has 0 amide bonds. The van der Waals surface area contributed by atoms with E-state index >= 15 is 0 Å². The van der Waals surface area contributed by atoms with Gasteiger partial charge in [0.25, 0.3) is 15.9 Å². The normalized spacial score (nSPS) is 11.6. The van der Waals surface area contributed by atoms with Gasteiger partial charge in [0.2, 0.25) is 5.03 Å². The van der Waals surface area contributed by atoms with Crippen LogP contribution in [0.4, 0.5) is 5.69 Å². The van der Waals surface area contributed by atoms with Crippen LogP contribution < -0.4 is 10.5 Å². The average molecular weight is 356 g/mol. The number of hydrogen-bond acceptors (Lipinski definition) is 6. The van der Waals surface area contributed by atoms with E-state index in [1.807, 2.05) is 0 Å². The average Bonchev–Trinajstić information content (AvgIpc) is 3.07. The first-order valence-corrected chi connectivity index (χ1v) is 8.09. The molecule has 0 bridgehead atoms. The molecule has 3 rings (SSSR count). The zero-order valence-electron chi connectivity index (χ0n) is 11.6. The maximum absolute atomic E-state index is 12.4. The maximum Gasteiger partial charge on any atom is 0.434 e. The van der Waals surface area contributed by atoms with Gasteiger partial charge in [0.05, 0.1) is 17.6 Å². The number of aryl methyl sites for hydroxylation is 1. The molecule has 2 aromatic heterocycles. The molecule has 9 nitrogen and oxygen atoms in total. The molecule has 0 unspecified atom stereocenters. The Balaban J connectivity index is 2.04. The monoisotopic (exact) mass is 355 g/mol. The highest BCUT2D eigenvalue weighted by atomic mass is 35.5. The Morgan fingerprint density at radius 3 is 2.70 bits per heavy atom. The van der Waals surface area contributed by atoms with Gasteiger partial charge in [0, 0.05) is 7.05 Å². The number of H-pyrrole nitrogens is 1. The number of sulfonamides is 1. The van der Waals surface area contributed by atoms with Crippen molar-refractivity contribution in [2.45, 2.75) is 5.03 Å². The Morgan fingerprint density at radius 2 is 2.09 bits per heavy atom. The highest BCUT2D eigenvalue weighted by molar-refractivity contribution is 7.92. The number of aromatic amines is 1. The summed E-state index contributed by atoms with van der Waals surface area (Å²) in [4.78, 5) is 14.9. The van der Waals surface area contributed by atoms with Crippen LogP contribution in [0.1, 0.15) is 0 Å². The van der Waals surface area contributed by atoms with Gasteiger partial charge in [-0.1, -0.05) is 23.7 Å². The van der Waals surface area contributed by atoms with E-state index in [1.165, 1.54) is 17.0 Å². The predicted molar refractivity (Wildman–Crippen MR) is 81.6 cm³/mol. The number of imidazole rings is 1. The number of nitrogens with zero attached hydrogens (tertiary/aromatic N) is 3. The summed E-state index contributed by atoms with van der Waals surface area (Å²) in [5.74, 6) is -0.786. The van der Waals surface area contributed by atoms with Gasteiger partial charge in [-0.2, -0.15) is 8.42 Å². The molecule has 0 saturated heterocycles. The molecule has 1 aromatic carbocycles. The summed E-state index contributed by atoms with van der Waals surface area (Å²) in [6.07, 6.45) is 1.29. The standard InChI is InChI=1S/C12H10ClN5O4S/c1-18-6-14-11(9(18)13)23(20,21)17-8-5-3-2-4-7(8)10-15-16-12(19)22-10/h2-6,17H,1H3,(H,16,19). The molecule has 0 atom stereocenters. The quantitative estimate of drug-likeness (QED) is 0.725. The number of rotatable bonds is 4. The molecule has 3 aromatic rings. The van der Waals surface area contributed by atoms with E-state index < -0.39 is 15.8 Å². The van der Waals surface area contributed by atoms with Gasteiger partial charge < -0.3 is 8.98 Å². The van der Waals surface area contributed by atoms with Crippen molar-refractivity contribution >= 4 is 27.3 Å². The lowest BCUT2D eigenvalue weighted by Crippen LogP contribution is -2.14. The molecule has 0 radical (unpaired) electrons. The van der Waals surface area contributed by atoms with Crippen LogP contribution in [0.25, 0.3) is 11.5 Å². The summed E-state index contributed by atoms with van der Waals surface area (Å²) in [5, 5.41) is 5.47. The van der Waals surface area contributed by atoms with Gasteiger partial charge in [-0.05, 0) is 12.1 Å². The fraction of sp³-hybridized carbons (Fsp3) is 0.0833. The minimum Gasteiger partial charge on any atom is -0.388 e. The van der Waals surface area contributed by atoms with E-state index in [4.69, 9.17) is 16.0 Å². The number of nitrogens with one attached hydrogen (secondary N) is 2. The van der Waals surface area contributed by atoms with Crippen LogP contribution in [0.2, 0.25) is 5.15 Å². The van der Waals surface area contributed by atoms with Crippen LogP contribution in [0, 0.1) is 0 Å². The Hall–Kier alpha value is -2.59. The second-order valence-electron chi connectivity index (χ2n) is 4.52. The molecule has 0 spiro atoms. The first-order chi connectivity index (χ1) is 10.9. The number of hydrogen-bond donors (Lipinski definition) is 2. The van der Waals surface area contributed by atoms with Gasteiger partial charge in [0.1, 0.15) is 5.15 Å². The SMILES string of the molecule is Cn1cnc(S(=O)(=O)Nc2ccccc2-c2n[nH]c(=O)o2)c1Cl. The molecule has 0 aliphatic carbocycles. The molecule has 0 fully saturated rings. The summed E-state index contributed by atoms with van der Waals surface area (Å²) >= 11 is 5.92. The van der Waals surface area contributed by atoms with Crippen molar-refractivity contribution < 1.29 is 12.8 Å².